The van der Waals surface area contributed by atoms with Gasteiger partial charge in [-0.15, -0.1) is 11.6 Å². The molecule has 1 rings (SSSR count). The quantitative estimate of drug-likeness (QED) is 0.405. The molecule has 0 aromatic heterocycles. The summed E-state index contributed by atoms with van der Waals surface area (Å²) >= 11 is 6.09. The van der Waals surface area contributed by atoms with Gasteiger partial charge < -0.3 is 0 Å². The van der Waals surface area contributed by atoms with Crippen LogP contribution in [0.5, 0.6) is 0 Å². The van der Waals surface area contributed by atoms with Crippen LogP contribution in [0, 0.1) is 0 Å². The topological polar surface area (TPSA) is 0 Å². The van der Waals surface area contributed by atoms with Crippen molar-refractivity contribution >= 4 is 11.6 Å². The van der Waals surface area contributed by atoms with E-state index in [2.05, 4.69) is 13.0 Å². The van der Waals surface area contributed by atoms with E-state index in [0.717, 1.165) is 6.42 Å². The number of alkyl halides is 1. The SMILES string of the molecule is CC/C=C1/CCCCC1Cl. The molecule has 0 heterocycles. The van der Waals surface area contributed by atoms with Gasteiger partial charge in [-0.05, 0) is 25.7 Å². The predicted molar refractivity (Wildman–Crippen MR) is 46.5 cm³/mol. The van der Waals surface area contributed by atoms with Gasteiger partial charge in [-0.1, -0.05) is 25.0 Å². The Morgan fingerprint density at radius 1 is 1.60 bits per heavy atom. The standard InChI is InChI=1S/C9H15Cl/c1-2-5-8-6-3-4-7-9(8)10/h5,9H,2-4,6-7H2,1H3/b8-5-. The monoisotopic (exact) mass is 158 g/mol. The maximum absolute atomic E-state index is 6.09. The van der Waals surface area contributed by atoms with Gasteiger partial charge in [0.1, 0.15) is 0 Å². The molecular weight excluding hydrogens is 144 g/mol. The molecule has 0 aromatic carbocycles. The van der Waals surface area contributed by atoms with Crippen molar-refractivity contribution in [2.75, 3.05) is 0 Å². The second kappa shape index (κ2) is 4.02. The molecule has 0 nitrogen and oxygen atoms in total. The molecule has 58 valence electrons. The first kappa shape index (κ1) is 8.13. The molecule has 0 aliphatic heterocycles. The fourth-order valence-electron chi connectivity index (χ4n) is 1.49. The van der Waals surface area contributed by atoms with Crippen molar-refractivity contribution < 1.29 is 0 Å². The van der Waals surface area contributed by atoms with Gasteiger partial charge in [-0.3, -0.25) is 0 Å². The number of hydrogen-bond donors (Lipinski definition) is 0. The molecule has 1 aliphatic rings. The molecule has 10 heavy (non-hydrogen) atoms. The van der Waals surface area contributed by atoms with E-state index >= 15 is 0 Å². The van der Waals surface area contributed by atoms with Crippen LogP contribution in [0.25, 0.3) is 0 Å². The van der Waals surface area contributed by atoms with Gasteiger partial charge in [0, 0.05) is 0 Å². The average molecular weight is 159 g/mol. The maximum Gasteiger partial charge on any atom is 0.0545 e. The molecule has 0 radical (unpaired) electrons. The van der Waals surface area contributed by atoms with Crippen molar-refractivity contribution in [2.24, 2.45) is 0 Å². The first-order valence-electron chi connectivity index (χ1n) is 4.17. The van der Waals surface area contributed by atoms with E-state index < -0.39 is 0 Å². The van der Waals surface area contributed by atoms with Gasteiger partial charge in [0.2, 0.25) is 0 Å². The Bertz CT molecular complexity index is 127. The van der Waals surface area contributed by atoms with Crippen molar-refractivity contribution in [1.29, 1.82) is 0 Å². The second-order valence-corrected chi connectivity index (χ2v) is 3.43. The van der Waals surface area contributed by atoms with E-state index in [1.807, 2.05) is 0 Å². The lowest BCUT2D eigenvalue weighted by atomic mass is 9.94. The van der Waals surface area contributed by atoms with E-state index in [-0.39, 0.29) is 0 Å². The molecule has 0 bridgehead atoms. The Morgan fingerprint density at radius 3 is 3.00 bits per heavy atom. The summed E-state index contributed by atoms with van der Waals surface area (Å²) in [4.78, 5) is 0. The summed E-state index contributed by atoms with van der Waals surface area (Å²) in [6.07, 6.45) is 8.51. The molecule has 1 atom stereocenters. The normalized spacial score (nSPS) is 31.0. The highest BCUT2D eigenvalue weighted by molar-refractivity contribution is 6.22. The van der Waals surface area contributed by atoms with E-state index in [0.29, 0.717) is 5.38 Å². The van der Waals surface area contributed by atoms with Crippen molar-refractivity contribution in [2.45, 2.75) is 44.4 Å². The number of hydrogen-bond acceptors (Lipinski definition) is 0. The molecule has 0 spiro atoms. The Morgan fingerprint density at radius 2 is 2.40 bits per heavy atom. The van der Waals surface area contributed by atoms with E-state index in [9.17, 15) is 0 Å². The lowest BCUT2D eigenvalue weighted by molar-refractivity contribution is 0.602. The van der Waals surface area contributed by atoms with Gasteiger partial charge in [0.25, 0.3) is 0 Å². The summed E-state index contributed by atoms with van der Waals surface area (Å²) in [5.41, 5.74) is 1.48. The van der Waals surface area contributed by atoms with E-state index in [4.69, 9.17) is 11.6 Å². The Balaban J connectivity index is 2.47. The Kier molecular flexibility index (Phi) is 3.27. The van der Waals surface area contributed by atoms with Crippen molar-refractivity contribution in [3.05, 3.63) is 11.6 Å². The van der Waals surface area contributed by atoms with Gasteiger partial charge in [-0.25, -0.2) is 0 Å². The number of rotatable bonds is 1. The summed E-state index contributed by atoms with van der Waals surface area (Å²) in [5.74, 6) is 0. The third-order valence-corrected chi connectivity index (χ3v) is 2.54. The fraction of sp³-hybridized carbons (Fsp3) is 0.778. The first-order chi connectivity index (χ1) is 4.84. The highest BCUT2D eigenvalue weighted by Crippen LogP contribution is 2.27. The summed E-state index contributed by atoms with van der Waals surface area (Å²) in [6, 6.07) is 0. The van der Waals surface area contributed by atoms with E-state index in [1.54, 1.807) is 0 Å². The molecular formula is C9H15Cl. The molecule has 1 fully saturated rings. The average Bonchev–Trinajstić information content (AvgIpc) is 1.94. The Labute approximate surface area is 68.3 Å². The van der Waals surface area contributed by atoms with Gasteiger partial charge in [-0.2, -0.15) is 0 Å². The zero-order chi connectivity index (χ0) is 7.40. The molecule has 1 unspecified atom stereocenters. The zero-order valence-corrected chi connectivity index (χ0v) is 7.32. The lowest BCUT2D eigenvalue weighted by Crippen LogP contribution is -2.08. The molecule has 0 aromatic rings. The molecule has 0 N–H and O–H groups in total. The van der Waals surface area contributed by atoms with E-state index in [1.165, 1.54) is 31.3 Å². The smallest absolute Gasteiger partial charge is 0.0545 e. The molecule has 0 amide bonds. The summed E-state index contributed by atoms with van der Waals surface area (Å²) in [7, 11) is 0. The van der Waals surface area contributed by atoms with Gasteiger partial charge in [0.05, 0.1) is 5.38 Å². The van der Waals surface area contributed by atoms with Crippen LogP contribution in [-0.4, -0.2) is 5.38 Å². The zero-order valence-electron chi connectivity index (χ0n) is 6.57. The maximum atomic E-state index is 6.09. The third kappa shape index (κ3) is 2.02. The summed E-state index contributed by atoms with van der Waals surface area (Å²) in [6.45, 7) is 2.17. The third-order valence-electron chi connectivity index (χ3n) is 2.04. The summed E-state index contributed by atoms with van der Waals surface area (Å²) in [5, 5.41) is 0.355. The van der Waals surface area contributed by atoms with Crippen LogP contribution in [0.3, 0.4) is 0 Å². The highest BCUT2D eigenvalue weighted by Gasteiger charge is 2.14. The van der Waals surface area contributed by atoms with Crippen LogP contribution in [0.2, 0.25) is 0 Å². The minimum absolute atomic E-state index is 0.355. The minimum Gasteiger partial charge on any atom is -0.118 e. The predicted octanol–water partition coefficient (Wildman–Crippen LogP) is 3.50. The number of allylic oxidation sites excluding steroid dienone is 2. The van der Waals surface area contributed by atoms with Crippen molar-refractivity contribution in [3.63, 3.8) is 0 Å². The molecule has 1 aliphatic carbocycles. The van der Waals surface area contributed by atoms with Crippen LogP contribution in [0.4, 0.5) is 0 Å². The highest BCUT2D eigenvalue weighted by atomic mass is 35.5. The van der Waals surface area contributed by atoms with Crippen LogP contribution in [-0.2, 0) is 0 Å². The van der Waals surface area contributed by atoms with Crippen LogP contribution in [0.1, 0.15) is 39.0 Å². The molecule has 1 saturated carbocycles. The van der Waals surface area contributed by atoms with Crippen molar-refractivity contribution in [1.82, 2.24) is 0 Å². The van der Waals surface area contributed by atoms with Gasteiger partial charge in [0.15, 0.2) is 0 Å². The van der Waals surface area contributed by atoms with Gasteiger partial charge >= 0.3 is 0 Å². The largest absolute Gasteiger partial charge is 0.118 e. The fourth-order valence-corrected chi connectivity index (χ4v) is 1.84. The van der Waals surface area contributed by atoms with Crippen molar-refractivity contribution in [3.8, 4) is 0 Å². The second-order valence-electron chi connectivity index (χ2n) is 2.90. The Hall–Kier alpha value is 0.0300. The minimum atomic E-state index is 0.355. The molecule has 1 heteroatoms. The van der Waals surface area contributed by atoms with Crippen LogP contribution >= 0.6 is 11.6 Å². The molecule has 0 saturated heterocycles. The van der Waals surface area contributed by atoms with Crippen LogP contribution in [0.15, 0.2) is 11.6 Å². The summed E-state index contributed by atoms with van der Waals surface area (Å²) < 4.78 is 0. The first-order valence-corrected chi connectivity index (χ1v) is 4.61. The number of halogens is 1. The lowest BCUT2D eigenvalue weighted by Gasteiger charge is -2.19. The van der Waals surface area contributed by atoms with Crippen LogP contribution < -0.4 is 0 Å².